The average Bonchev–Trinajstić information content (AvgIpc) is 3.27. The van der Waals surface area contributed by atoms with Crippen molar-refractivity contribution in [2.75, 3.05) is 20.8 Å². The maximum Gasteiger partial charge on any atom is 0.338 e. The van der Waals surface area contributed by atoms with E-state index in [0.717, 1.165) is 0 Å². The summed E-state index contributed by atoms with van der Waals surface area (Å²) < 4.78 is 23.8. The summed E-state index contributed by atoms with van der Waals surface area (Å²) >= 11 is 0. The van der Waals surface area contributed by atoms with Crippen LogP contribution in [0.3, 0.4) is 0 Å². The Morgan fingerprint density at radius 2 is 1.97 bits per heavy atom. The van der Waals surface area contributed by atoms with Crippen molar-refractivity contribution in [3.05, 3.63) is 65.2 Å². The van der Waals surface area contributed by atoms with Crippen LogP contribution in [-0.4, -0.2) is 31.4 Å². The Labute approximate surface area is 169 Å². The number of benzene rings is 1. The van der Waals surface area contributed by atoms with Crippen molar-refractivity contribution in [1.82, 2.24) is 4.57 Å². The van der Waals surface area contributed by atoms with Crippen LogP contribution in [0.15, 0.2) is 59.6 Å². The summed E-state index contributed by atoms with van der Waals surface area (Å²) in [4.78, 5) is 12.8. The fourth-order valence-electron chi connectivity index (χ4n) is 3.35. The number of ether oxygens (including phenoxy) is 4. The lowest BCUT2D eigenvalue weighted by atomic mass is 9.82. The molecule has 2 aromatic rings. The summed E-state index contributed by atoms with van der Waals surface area (Å²) in [6, 6.07) is 11.1. The van der Waals surface area contributed by atoms with E-state index in [9.17, 15) is 10.1 Å². The first-order valence-electron chi connectivity index (χ1n) is 9.10. The van der Waals surface area contributed by atoms with Gasteiger partial charge in [0.25, 0.3) is 0 Å². The summed E-state index contributed by atoms with van der Waals surface area (Å²) in [5.41, 5.74) is 1.13. The van der Waals surface area contributed by atoms with Gasteiger partial charge in [-0.25, -0.2) is 4.79 Å². The molecule has 0 saturated carbocycles. The standard InChI is InChI=1S/C22H22N2O5/c1-5-28-22(25)19-14(2)29-21(24-10-6-7-11-24)17(13-23)20(19)16-12-15(26-3)8-9-18(16)27-4/h6-12,20H,5H2,1-4H3/t20-/m1/s1. The minimum Gasteiger partial charge on any atom is -0.497 e. The van der Waals surface area contributed by atoms with E-state index in [1.165, 1.54) is 7.11 Å². The van der Waals surface area contributed by atoms with Crippen LogP contribution in [0.5, 0.6) is 11.5 Å². The third kappa shape index (κ3) is 3.69. The normalized spacial score (nSPS) is 16.2. The number of hydrogen-bond donors (Lipinski definition) is 0. The molecular weight excluding hydrogens is 372 g/mol. The Hall–Kier alpha value is -3.66. The molecule has 0 N–H and O–H groups in total. The Morgan fingerprint density at radius 1 is 1.24 bits per heavy atom. The summed E-state index contributed by atoms with van der Waals surface area (Å²) in [6.07, 6.45) is 3.55. The van der Waals surface area contributed by atoms with Crippen molar-refractivity contribution in [3.8, 4) is 17.6 Å². The smallest absolute Gasteiger partial charge is 0.338 e. The topological polar surface area (TPSA) is 82.7 Å². The largest absolute Gasteiger partial charge is 0.497 e. The second-order valence-corrected chi connectivity index (χ2v) is 6.25. The molecule has 0 unspecified atom stereocenters. The van der Waals surface area contributed by atoms with E-state index in [0.29, 0.717) is 28.7 Å². The van der Waals surface area contributed by atoms with E-state index in [-0.39, 0.29) is 17.8 Å². The number of carbonyl (C=O) groups is 1. The molecule has 0 bridgehead atoms. The van der Waals surface area contributed by atoms with Crippen molar-refractivity contribution in [3.63, 3.8) is 0 Å². The molecule has 1 aromatic heterocycles. The number of methoxy groups -OCH3 is 2. The van der Waals surface area contributed by atoms with Gasteiger partial charge in [0.2, 0.25) is 5.88 Å². The minimum absolute atomic E-state index is 0.202. The highest BCUT2D eigenvalue weighted by molar-refractivity contribution is 5.94. The van der Waals surface area contributed by atoms with Gasteiger partial charge in [-0.3, -0.25) is 4.57 Å². The Balaban J connectivity index is 2.30. The van der Waals surface area contributed by atoms with E-state index in [1.807, 2.05) is 12.1 Å². The number of rotatable bonds is 6. The molecule has 29 heavy (non-hydrogen) atoms. The van der Waals surface area contributed by atoms with Gasteiger partial charge < -0.3 is 18.9 Å². The third-order valence-electron chi connectivity index (χ3n) is 4.64. The van der Waals surface area contributed by atoms with E-state index in [4.69, 9.17) is 18.9 Å². The molecule has 7 nitrogen and oxygen atoms in total. The zero-order valence-corrected chi connectivity index (χ0v) is 16.8. The second kappa shape index (κ2) is 8.57. The molecule has 1 aliphatic rings. The van der Waals surface area contributed by atoms with Crippen molar-refractivity contribution < 1.29 is 23.7 Å². The highest BCUT2D eigenvalue weighted by atomic mass is 16.5. The lowest BCUT2D eigenvalue weighted by Crippen LogP contribution is -2.24. The molecule has 1 atom stereocenters. The number of esters is 1. The number of nitrogens with zero attached hydrogens (tertiary/aromatic N) is 2. The van der Waals surface area contributed by atoms with Gasteiger partial charge in [0.1, 0.15) is 28.9 Å². The molecule has 0 saturated heterocycles. The molecule has 1 aromatic carbocycles. The van der Waals surface area contributed by atoms with Gasteiger partial charge in [0, 0.05) is 18.0 Å². The number of aromatic nitrogens is 1. The van der Waals surface area contributed by atoms with Crippen molar-refractivity contribution >= 4 is 11.9 Å². The maximum atomic E-state index is 12.8. The van der Waals surface area contributed by atoms with Crippen LogP contribution < -0.4 is 9.47 Å². The molecule has 0 spiro atoms. The second-order valence-electron chi connectivity index (χ2n) is 6.25. The molecule has 2 heterocycles. The highest BCUT2D eigenvalue weighted by Gasteiger charge is 2.39. The monoisotopic (exact) mass is 394 g/mol. The summed E-state index contributed by atoms with van der Waals surface area (Å²) in [6.45, 7) is 3.61. The first kappa shape index (κ1) is 20.1. The van der Waals surface area contributed by atoms with E-state index in [1.54, 1.807) is 56.1 Å². The molecular formula is C22H22N2O5. The quantitative estimate of drug-likeness (QED) is 0.692. The van der Waals surface area contributed by atoms with Crippen LogP contribution in [0, 0.1) is 11.3 Å². The zero-order chi connectivity index (χ0) is 21.0. The fourth-order valence-corrected chi connectivity index (χ4v) is 3.35. The first-order valence-corrected chi connectivity index (χ1v) is 9.10. The number of allylic oxidation sites excluding steroid dienone is 2. The van der Waals surface area contributed by atoms with Crippen LogP contribution in [0.2, 0.25) is 0 Å². The minimum atomic E-state index is -0.741. The summed E-state index contributed by atoms with van der Waals surface area (Å²) in [7, 11) is 3.09. The molecule has 150 valence electrons. The van der Waals surface area contributed by atoms with Crippen molar-refractivity contribution in [2.24, 2.45) is 0 Å². The molecule has 1 aliphatic heterocycles. The van der Waals surface area contributed by atoms with Gasteiger partial charge in [-0.05, 0) is 44.2 Å². The Bertz CT molecular complexity index is 1010. The summed E-state index contributed by atoms with van der Waals surface area (Å²) in [5, 5.41) is 10.0. The Kier molecular flexibility index (Phi) is 5.93. The van der Waals surface area contributed by atoms with Gasteiger partial charge in [0.05, 0.1) is 32.3 Å². The molecule has 0 fully saturated rings. The van der Waals surface area contributed by atoms with Crippen LogP contribution in [-0.2, 0) is 14.3 Å². The average molecular weight is 394 g/mol. The highest BCUT2D eigenvalue weighted by Crippen LogP contribution is 2.45. The van der Waals surface area contributed by atoms with Crippen molar-refractivity contribution in [2.45, 2.75) is 19.8 Å². The maximum absolute atomic E-state index is 12.8. The Morgan fingerprint density at radius 3 is 2.55 bits per heavy atom. The van der Waals surface area contributed by atoms with Gasteiger partial charge >= 0.3 is 5.97 Å². The molecule has 3 rings (SSSR count). The first-order chi connectivity index (χ1) is 14.0. The van der Waals surface area contributed by atoms with E-state index in [2.05, 4.69) is 6.07 Å². The number of hydrogen-bond acceptors (Lipinski definition) is 6. The summed E-state index contributed by atoms with van der Waals surface area (Å²) in [5.74, 6) is 0.508. The zero-order valence-electron chi connectivity index (χ0n) is 16.8. The van der Waals surface area contributed by atoms with Gasteiger partial charge in [-0.2, -0.15) is 5.26 Å². The third-order valence-corrected chi connectivity index (χ3v) is 4.64. The fraction of sp³-hybridized carbons (Fsp3) is 0.273. The lowest BCUT2D eigenvalue weighted by Gasteiger charge is -2.29. The van der Waals surface area contributed by atoms with Crippen LogP contribution in [0.4, 0.5) is 0 Å². The van der Waals surface area contributed by atoms with Gasteiger partial charge in [-0.1, -0.05) is 0 Å². The van der Waals surface area contributed by atoms with E-state index >= 15 is 0 Å². The van der Waals surface area contributed by atoms with Crippen LogP contribution >= 0.6 is 0 Å². The van der Waals surface area contributed by atoms with Crippen LogP contribution in [0.1, 0.15) is 25.3 Å². The van der Waals surface area contributed by atoms with Gasteiger partial charge in [-0.15, -0.1) is 0 Å². The predicted octanol–water partition coefficient (Wildman–Crippen LogP) is 3.85. The van der Waals surface area contributed by atoms with Crippen molar-refractivity contribution in [1.29, 1.82) is 5.26 Å². The molecule has 7 heteroatoms. The lowest BCUT2D eigenvalue weighted by molar-refractivity contribution is -0.139. The predicted molar refractivity (Wildman–Crippen MR) is 106 cm³/mol. The SMILES string of the molecule is CCOC(=O)C1=C(C)OC(n2cccc2)=C(C#N)[C@H]1c1cc(OC)ccc1OC. The van der Waals surface area contributed by atoms with E-state index < -0.39 is 11.9 Å². The number of carbonyl (C=O) groups excluding carboxylic acids is 1. The van der Waals surface area contributed by atoms with Gasteiger partial charge in [0.15, 0.2) is 0 Å². The van der Waals surface area contributed by atoms with Crippen LogP contribution in [0.25, 0.3) is 5.88 Å². The molecule has 0 radical (unpaired) electrons. The molecule has 0 aliphatic carbocycles. The molecule has 0 amide bonds. The number of nitriles is 1.